The number of nitrogens with one attached hydrogen (secondary N) is 2. The highest BCUT2D eigenvalue weighted by Crippen LogP contribution is 2.34. The van der Waals surface area contributed by atoms with E-state index in [1.807, 2.05) is 24.3 Å². The molecule has 6 nitrogen and oxygen atoms in total. The molecule has 6 heteroatoms. The third-order valence-corrected chi connectivity index (χ3v) is 8.16. The summed E-state index contributed by atoms with van der Waals surface area (Å²) in [6, 6.07) is 14.5. The number of hydrogen-bond acceptors (Lipinski definition) is 4. The quantitative estimate of drug-likeness (QED) is 0.386. The fourth-order valence-corrected chi connectivity index (χ4v) is 6.06. The summed E-state index contributed by atoms with van der Waals surface area (Å²) >= 11 is 0. The van der Waals surface area contributed by atoms with Crippen molar-refractivity contribution >= 4 is 22.9 Å². The molecule has 5 rings (SSSR count). The highest BCUT2D eigenvalue weighted by Gasteiger charge is 2.27. The zero-order chi connectivity index (χ0) is 25.6. The molecule has 2 aliphatic rings. The molecule has 2 fully saturated rings. The van der Waals surface area contributed by atoms with Crippen molar-refractivity contribution < 1.29 is 14.3 Å². The van der Waals surface area contributed by atoms with Crippen LogP contribution in [0, 0.1) is 5.92 Å². The number of amides is 1. The number of rotatable bonds is 8. The number of carbonyl (C=O) groups excluding carboxylic acids is 1. The average molecular weight is 502 g/mol. The number of hydrogen-bond donors (Lipinski definition) is 2. The molecule has 0 atom stereocenters. The number of likely N-dealkylation sites (tertiary alicyclic amines) is 1. The van der Waals surface area contributed by atoms with Gasteiger partial charge in [-0.2, -0.15) is 0 Å². The van der Waals surface area contributed by atoms with Crippen LogP contribution in [0.4, 0.5) is 0 Å². The number of fused-ring (bicyclic) bond motifs is 1. The molecule has 1 saturated heterocycles. The van der Waals surface area contributed by atoms with Gasteiger partial charge in [0.1, 0.15) is 11.5 Å². The molecule has 0 radical (unpaired) electrons. The number of piperidine rings is 1. The van der Waals surface area contributed by atoms with E-state index in [1.54, 1.807) is 20.3 Å². The van der Waals surface area contributed by atoms with Gasteiger partial charge >= 0.3 is 0 Å². The molecule has 37 heavy (non-hydrogen) atoms. The van der Waals surface area contributed by atoms with Crippen molar-refractivity contribution in [1.82, 2.24) is 15.2 Å². The molecule has 2 aromatic carbocycles. The van der Waals surface area contributed by atoms with Crippen LogP contribution in [0.1, 0.15) is 55.6 Å². The van der Waals surface area contributed by atoms with Crippen molar-refractivity contribution in [3.05, 3.63) is 65.9 Å². The molecule has 196 valence electrons. The van der Waals surface area contributed by atoms with Gasteiger partial charge in [-0.1, -0.05) is 18.2 Å². The Bertz CT molecular complexity index is 1200. The van der Waals surface area contributed by atoms with Crippen LogP contribution in [-0.2, 0) is 4.79 Å². The summed E-state index contributed by atoms with van der Waals surface area (Å²) in [4.78, 5) is 18.6. The number of aromatic nitrogens is 1. The highest BCUT2D eigenvalue weighted by molar-refractivity contribution is 5.92. The lowest BCUT2D eigenvalue weighted by molar-refractivity contribution is -0.117. The van der Waals surface area contributed by atoms with Gasteiger partial charge in [0.2, 0.25) is 5.91 Å². The molecular weight excluding hydrogens is 462 g/mol. The van der Waals surface area contributed by atoms with E-state index >= 15 is 0 Å². The number of ether oxygens (including phenoxy) is 2. The van der Waals surface area contributed by atoms with E-state index in [4.69, 9.17) is 9.47 Å². The normalized spacial score (nSPS) is 21.4. The Hall–Kier alpha value is -3.25. The molecule has 0 bridgehead atoms. The minimum absolute atomic E-state index is 0.0374. The van der Waals surface area contributed by atoms with Crippen molar-refractivity contribution in [3.8, 4) is 11.5 Å². The van der Waals surface area contributed by atoms with Gasteiger partial charge in [-0.15, -0.1) is 0 Å². The Balaban J connectivity index is 1.04. The summed E-state index contributed by atoms with van der Waals surface area (Å²) in [5.74, 6) is 2.77. The second-order valence-corrected chi connectivity index (χ2v) is 10.6. The zero-order valence-corrected chi connectivity index (χ0v) is 22.0. The SMILES string of the molecule is COc1cc(/C=C/C(=O)NC2CCC(CN3CCC(c4c[nH]c5ccccc45)CC3)CC2)cc(OC)c1. The summed E-state index contributed by atoms with van der Waals surface area (Å²) in [5.41, 5.74) is 3.62. The average Bonchev–Trinajstić information content (AvgIpc) is 3.37. The van der Waals surface area contributed by atoms with Crippen molar-refractivity contribution in [2.75, 3.05) is 33.9 Å². The van der Waals surface area contributed by atoms with Crippen LogP contribution in [0.5, 0.6) is 11.5 Å². The van der Waals surface area contributed by atoms with Gasteiger partial charge in [0.15, 0.2) is 0 Å². The lowest BCUT2D eigenvalue weighted by atomic mass is 9.84. The fourth-order valence-electron chi connectivity index (χ4n) is 6.06. The maximum absolute atomic E-state index is 12.5. The molecular formula is C31H39N3O3. The van der Waals surface area contributed by atoms with Crippen LogP contribution < -0.4 is 14.8 Å². The lowest BCUT2D eigenvalue weighted by Gasteiger charge is -2.36. The molecule has 0 unspecified atom stereocenters. The Labute approximate surface area is 220 Å². The minimum atomic E-state index is -0.0374. The topological polar surface area (TPSA) is 66.6 Å². The Morgan fingerprint density at radius 1 is 1.00 bits per heavy atom. The second-order valence-electron chi connectivity index (χ2n) is 10.6. The summed E-state index contributed by atoms with van der Waals surface area (Å²) in [6.45, 7) is 3.56. The third-order valence-electron chi connectivity index (χ3n) is 8.16. The number of carbonyl (C=O) groups is 1. The Morgan fingerprint density at radius 2 is 1.70 bits per heavy atom. The monoisotopic (exact) mass is 501 g/mol. The molecule has 1 amide bonds. The van der Waals surface area contributed by atoms with Gasteiger partial charge in [0, 0.05) is 41.8 Å². The molecule has 2 heterocycles. The minimum Gasteiger partial charge on any atom is -0.497 e. The van der Waals surface area contributed by atoms with Gasteiger partial charge in [0.25, 0.3) is 0 Å². The van der Waals surface area contributed by atoms with Gasteiger partial charge < -0.3 is 24.7 Å². The van der Waals surface area contributed by atoms with Crippen LogP contribution in [0.15, 0.2) is 54.7 Å². The van der Waals surface area contributed by atoms with Gasteiger partial charge in [-0.3, -0.25) is 4.79 Å². The summed E-state index contributed by atoms with van der Waals surface area (Å²) in [5, 5.41) is 4.59. The van der Waals surface area contributed by atoms with Crippen LogP contribution >= 0.6 is 0 Å². The number of H-pyrrole nitrogens is 1. The zero-order valence-electron chi connectivity index (χ0n) is 22.0. The summed E-state index contributed by atoms with van der Waals surface area (Å²) in [6.07, 6.45) is 12.6. The van der Waals surface area contributed by atoms with E-state index < -0.39 is 0 Å². The van der Waals surface area contributed by atoms with Crippen molar-refractivity contribution in [2.24, 2.45) is 5.92 Å². The number of nitrogens with zero attached hydrogens (tertiary/aromatic N) is 1. The first-order valence-corrected chi connectivity index (χ1v) is 13.6. The predicted molar refractivity (Wildman–Crippen MR) is 149 cm³/mol. The molecule has 1 aromatic heterocycles. The van der Waals surface area contributed by atoms with Crippen LogP contribution in [0.2, 0.25) is 0 Å². The predicted octanol–water partition coefficient (Wildman–Crippen LogP) is 5.75. The van der Waals surface area contributed by atoms with E-state index in [2.05, 4.69) is 45.7 Å². The first kappa shape index (κ1) is 25.4. The molecule has 1 saturated carbocycles. The van der Waals surface area contributed by atoms with E-state index in [1.165, 1.54) is 61.8 Å². The Kier molecular flexibility index (Phi) is 8.15. The molecule has 0 spiro atoms. The fraction of sp³-hybridized carbons (Fsp3) is 0.452. The van der Waals surface area contributed by atoms with E-state index in [0.29, 0.717) is 17.4 Å². The van der Waals surface area contributed by atoms with Crippen LogP contribution in [0.3, 0.4) is 0 Å². The van der Waals surface area contributed by atoms with Crippen molar-refractivity contribution in [3.63, 3.8) is 0 Å². The van der Waals surface area contributed by atoms with Crippen molar-refractivity contribution in [2.45, 2.75) is 50.5 Å². The molecule has 1 aliphatic heterocycles. The van der Waals surface area contributed by atoms with Crippen LogP contribution in [-0.4, -0.2) is 55.7 Å². The maximum atomic E-state index is 12.5. The van der Waals surface area contributed by atoms with E-state index in [0.717, 1.165) is 24.3 Å². The standard InChI is InChI=1S/C31H39N3O3/c1-36-26-17-23(18-27(19-26)37-2)9-12-31(35)33-25-10-7-22(8-11-25)21-34-15-13-24(14-16-34)29-20-32-30-6-4-3-5-28(29)30/h3-6,9,12,17-20,22,24-25,32H,7-8,10-11,13-16,21H2,1-2H3,(H,33,35)/b12-9+. The van der Waals surface area contributed by atoms with Crippen molar-refractivity contribution in [1.29, 1.82) is 0 Å². The van der Waals surface area contributed by atoms with Gasteiger partial charge in [0.05, 0.1) is 14.2 Å². The lowest BCUT2D eigenvalue weighted by Crippen LogP contribution is -2.41. The van der Waals surface area contributed by atoms with Gasteiger partial charge in [-0.25, -0.2) is 0 Å². The molecule has 3 aromatic rings. The number of methoxy groups -OCH3 is 2. The number of benzene rings is 2. The smallest absolute Gasteiger partial charge is 0.244 e. The van der Waals surface area contributed by atoms with E-state index in [-0.39, 0.29) is 11.9 Å². The van der Waals surface area contributed by atoms with E-state index in [9.17, 15) is 4.79 Å². The van der Waals surface area contributed by atoms with Crippen LogP contribution in [0.25, 0.3) is 17.0 Å². The second kappa shape index (κ2) is 11.9. The first-order chi connectivity index (χ1) is 18.1. The first-order valence-electron chi connectivity index (χ1n) is 13.6. The van der Waals surface area contributed by atoms with Gasteiger partial charge in [-0.05, 0) is 98.9 Å². The summed E-state index contributed by atoms with van der Waals surface area (Å²) < 4.78 is 10.6. The summed E-state index contributed by atoms with van der Waals surface area (Å²) in [7, 11) is 3.25. The largest absolute Gasteiger partial charge is 0.497 e. The number of para-hydroxylation sites is 1. The Morgan fingerprint density at radius 3 is 2.41 bits per heavy atom. The highest BCUT2D eigenvalue weighted by atomic mass is 16.5. The number of aromatic amines is 1. The third kappa shape index (κ3) is 6.37. The maximum Gasteiger partial charge on any atom is 0.244 e. The molecule has 2 N–H and O–H groups in total. The molecule has 1 aliphatic carbocycles.